The van der Waals surface area contributed by atoms with Crippen LogP contribution in [0.1, 0.15) is 11.1 Å². The van der Waals surface area contributed by atoms with Crippen molar-refractivity contribution in [3.8, 4) is 6.07 Å². The normalized spacial score (nSPS) is 9.95. The highest BCUT2D eigenvalue weighted by Crippen LogP contribution is 2.27. The van der Waals surface area contributed by atoms with E-state index < -0.39 is 4.92 Å². The van der Waals surface area contributed by atoms with E-state index in [4.69, 9.17) is 5.26 Å². The number of rotatable bonds is 4. The predicted molar refractivity (Wildman–Crippen MR) is 87.0 cm³/mol. The summed E-state index contributed by atoms with van der Waals surface area (Å²) in [6.07, 6.45) is 0. The minimum Gasteiger partial charge on any atom is -0.380 e. The molecule has 0 aromatic heterocycles. The lowest BCUT2D eigenvalue weighted by Gasteiger charge is -2.10. The van der Waals surface area contributed by atoms with Gasteiger partial charge < -0.3 is 5.32 Å². The van der Waals surface area contributed by atoms with E-state index in [2.05, 4.69) is 43.2 Å². The monoisotopic (exact) mass is 409 g/mol. The Balaban J connectivity index is 2.13. The number of nitriles is 1. The van der Waals surface area contributed by atoms with Gasteiger partial charge in [0.1, 0.15) is 0 Å². The number of nitrogens with zero attached hydrogens (tertiary/aromatic N) is 2. The van der Waals surface area contributed by atoms with Crippen LogP contribution in [0.5, 0.6) is 0 Å². The van der Waals surface area contributed by atoms with Gasteiger partial charge >= 0.3 is 0 Å². The predicted octanol–water partition coefficient (Wildman–Crippen LogP) is 4.60. The first kappa shape index (κ1) is 15.5. The van der Waals surface area contributed by atoms with Gasteiger partial charge in [0, 0.05) is 33.3 Å². The van der Waals surface area contributed by atoms with Crippen LogP contribution in [0, 0.1) is 21.4 Å². The van der Waals surface area contributed by atoms with Crippen molar-refractivity contribution in [1.82, 2.24) is 0 Å². The Bertz CT molecular complexity index is 741. The van der Waals surface area contributed by atoms with Gasteiger partial charge in [-0.1, -0.05) is 15.9 Å². The number of non-ortho nitro benzene ring substituents is 1. The van der Waals surface area contributed by atoms with Gasteiger partial charge in [-0.25, -0.2) is 0 Å². The van der Waals surface area contributed by atoms with Gasteiger partial charge in [0.2, 0.25) is 0 Å². The van der Waals surface area contributed by atoms with Crippen LogP contribution in [0.25, 0.3) is 0 Å². The molecule has 21 heavy (non-hydrogen) atoms. The fourth-order valence-electron chi connectivity index (χ4n) is 1.71. The highest BCUT2D eigenvalue weighted by atomic mass is 79.9. The summed E-state index contributed by atoms with van der Waals surface area (Å²) in [4.78, 5) is 10.3. The zero-order valence-electron chi connectivity index (χ0n) is 10.6. The van der Waals surface area contributed by atoms with Crippen LogP contribution in [0.15, 0.2) is 45.3 Å². The Hall–Kier alpha value is -1.91. The highest BCUT2D eigenvalue weighted by molar-refractivity contribution is 9.11. The second-order valence-corrected chi connectivity index (χ2v) is 5.90. The number of benzene rings is 2. The molecule has 0 heterocycles. The van der Waals surface area contributed by atoms with Gasteiger partial charge in [-0.05, 0) is 45.8 Å². The molecule has 2 rings (SSSR count). The van der Waals surface area contributed by atoms with Crippen molar-refractivity contribution < 1.29 is 4.92 Å². The molecule has 0 atom stereocenters. The molecule has 0 aliphatic heterocycles. The van der Waals surface area contributed by atoms with Crippen LogP contribution in [0.3, 0.4) is 0 Å². The summed E-state index contributed by atoms with van der Waals surface area (Å²) in [7, 11) is 0. The molecule has 106 valence electrons. The molecule has 0 unspecified atom stereocenters. The first-order valence-electron chi connectivity index (χ1n) is 5.87. The van der Waals surface area contributed by atoms with E-state index in [9.17, 15) is 10.1 Å². The standard InChI is InChI=1S/C14H9Br2N3O2/c15-12-6-11(19(20)21)3-2-10(12)8-18-14-4-1-9(7-17)5-13(14)16/h1-6,18H,8H2. The first-order chi connectivity index (χ1) is 10.0. The van der Waals surface area contributed by atoms with E-state index in [-0.39, 0.29) is 5.69 Å². The lowest BCUT2D eigenvalue weighted by atomic mass is 10.2. The molecule has 0 spiro atoms. The van der Waals surface area contributed by atoms with Crippen molar-refractivity contribution in [1.29, 1.82) is 5.26 Å². The molecule has 0 saturated heterocycles. The number of halogens is 2. The smallest absolute Gasteiger partial charge is 0.270 e. The molecule has 2 aromatic carbocycles. The molecule has 7 heteroatoms. The fourth-order valence-corrected chi connectivity index (χ4v) is 2.74. The van der Waals surface area contributed by atoms with E-state index in [1.54, 1.807) is 18.2 Å². The second kappa shape index (κ2) is 6.70. The minimum atomic E-state index is -0.431. The molecule has 2 aromatic rings. The second-order valence-electron chi connectivity index (χ2n) is 4.19. The Morgan fingerprint density at radius 3 is 2.52 bits per heavy atom. The molecule has 1 N–H and O–H groups in total. The van der Waals surface area contributed by atoms with E-state index in [0.717, 1.165) is 15.7 Å². The number of hydrogen-bond donors (Lipinski definition) is 1. The number of nitro benzene ring substituents is 1. The third kappa shape index (κ3) is 3.80. The van der Waals surface area contributed by atoms with E-state index in [1.807, 2.05) is 6.07 Å². The van der Waals surface area contributed by atoms with Gasteiger partial charge in [0.15, 0.2) is 0 Å². The Labute approximate surface area is 138 Å². The van der Waals surface area contributed by atoms with Crippen LogP contribution >= 0.6 is 31.9 Å². The van der Waals surface area contributed by atoms with E-state index in [1.165, 1.54) is 12.1 Å². The number of nitro groups is 1. The molecule has 0 bridgehead atoms. The summed E-state index contributed by atoms with van der Waals surface area (Å²) in [6.45, 7) is 0.503. The third-order valence-electron chi connectivity index (χ3n) is 2.81. The van der Waals surface area contributed by atoms with Gasteiger partial charge in [0.05, 0.1) is 16.6 Å². The van der Waals surface area contributed by atoms with Crippen molar-refractivity contribution in [2.24, 2.45) is 0 Å². The van der Waals surface area contributed by atoms with Crippen LogP contribution < -0.4 is 5.32 Å². The average molecular weight is 411 g/mol. The molecule has 0 aliphatic rings. The first-order valence-corrected chi connectivity index (χ1v) is 7.46. The molecular weight excluding hydrogens is 402 g/mol. The Morgan fingerprint density at radius 1 is 1.19 bits per heavy atom. The maximum absolute atomic E-state index is 10.7. The summed E-state index contributed by atoms with van der Waals surface area (Å²) in [6, 6.07) is 12.0. The van der Waals surface area contributed by atoms with E-state index >= 15 is 0 Å². The van der Waals surface area contributed by atoms with Crippen molar-refractivity contribution >= 4 is 43.2 Å². The molecule has 0 radical (unpaired) electrons. The van der Waals surface area contributed by atoms with Crippen LogP contribution in [0.4, 0.5) is 11.4 Å². The fraction of sp³-hybridized carbons (Fsp3) is 0.0714. The lowest BCUT2D eigenvalue weighted by molar-refractivity contribution is -0.384. The highest BCUT2D eigenvalue weighted by Gasteiger charge is 2.09. The zero-order chi connectivity index (χ0) is 15.4. The quantitative estimate of drug-likeness (QED) is 0.589. The lowest BCUT2D eigenvalue weighted by Crippen LogP contribution is -2.01. The van der Waals surface area contributed by atoms with Crippen LogP contribution in [-0.4, -0.2) is 4.92 Å². The Morgan fingerprint density at radius 2 is 1.95 bits per heavy atom. The molecule has 0 fully saturated rings. The largest absolute Gasteiger partial charge is 0.380 e. The van der Waals surface area contributed by atoms with E-state index in [0.29, 0.717) is 16.6 Å². The molecular formula is C14H9Br2N3O2. The van der Waals surface area contributed by atoms with Crippen LogP contribution in [0.2, 0.25) is 0 Å². The number of nitrogens with one attached hydrogen (secondary N) is 1. The van der Waals surface area contributed by atoms with Crippen molar-refractivity contribution in [2.75, 3.05) is 5.32 Å². The summed E-state index contributed by atoms with van der Waals surface area (Å²) in [5.74, 6) is 0. The van der Waals surface area contributed by atoms with Crippen molar-refractivity contribution in [3.05, 3.63) is 66.6 Å². The van der Waals surface area contributed by atoms with Gasteiger partial charge in [-0.3, -0.25) is 10.1 Å². The Kier molecular flexibility index (Phi) is 4.94. The summed E-state index contributed by atoms with van der Waals surface area (Å²) >= 11 is 6.73. The number of anilines is 1. The van der Waals surface area contributed by atoms with Gasteiger partial charge in [-0.15, -0.1) is 0 Å². The SMILES string of the molecule is N#Cc1ccc(NCc2ccc([N+](=O)[O-])cc2Br)c(Br)c1. The minimum absolute atomic E-state index is 0.0465. The van der Waals surface area contributed by atoms with Crippen molar-refractivity contribution in [2.45, 2.75) is 6.54 Å². The summed E-state index contributed by atoms with van der Waals surface area (Å²) in [5, 5.41) is 22.7. The maximum atomic E-state index is 10.7. The van der Waals surface area contributed by atoms with Gasteiger partial charge in [0.25, 0.3) is 5.69 Å². The molecule has 0 amide bonds. The summed E-state index contributed by atoms with van der Waals surface area (Å²) < 4.78 is 1.47. The average Bonchev–Trinajstić information content (AvgIpc) is 2.46. The van der Waals surface area contributed by atoms with Gasteiger partial charge in [-0.2, -0.15) is 5.26 Å². The maximum Gasteiger partial charge on any atom is 0.270 e. The van der Waals surface area contributed by atoms with Crippen LogP contribution in [-0.2, 0) is 6.54 Å². The topological polar surface area (TPSA) is 79.0 Å². The number of hydrogen-bond acceptors (Lipinski definition) is 4. The molecule has 0 saturated carbocycles. The zero-order valence-corrected chi connectivity index (χ0v) is 13.8. The van der Waals surface area contributed by atoms with Crippen molar-refractivity contribution in [3.63, 3.8) is 0 Å². The third-order valence-corrected chi connectivity index (χ3v) is 4.21. The molecule has 0 aliphatic carbocycles. The molecule has 5 nitrogen and oxygen atoms in total. The summed E-state index contributed by atoms with van der Waals surface area (Å²) in [5.41, 5.74) is 2.37.